The maximum Gasteiger partial charge on any atom is 0.254 e. The van der Waals surface area contributed by atoms with Gasteiger partial charge in [0.25, 0.3) is 5.91 Å². The van der Waals surface area contributed by atoms with Crippen LogP contribution in [0.4, 0.5) is 4.39 Å². The Morgan fingerprint density at radius 3 is 2.75 bits per heavy atom. The van der Waals surface area contributed by atoms with Crippen LogP contribution in [0.5, 0.6) is 0 Å². The molecule has 1 N–H and O–H groups in total. The molecule has 1 aromatic rings. The molecule has 0 bridgehead atoms. The highest BCUT2D eigenvalue weighted by Crippen LogP contribution is 2.14. The molecule has 0 aliphatic carbocycles. The molecule has 0 fully saturated rings. The van der Waals surface area contributed by atoms with Crippen LogP contribution in [-0.4, -0.2) is 12.5 Å². The molecular weight excluding hydrogens is 229 g/mol. The van der Waals surface area contributed by atoms with Gasteiger partial charge >= 0.3 is 0 Å². The number of carbonyl (C=O) groups excluding carboxylic acids is 1. The fourth-order valence-corrected chi connectivity index (χ4v) is 1.40. The molecule has 1 rings (SSSR count). The Morgan fingerprint density at radius 1 is 1.50 bits per heavy atom. The van der Waals surface area contributed by atoms with Crippen molar-refractivity contribution in [1.82, 2.24) is 5.32 Å². The highest BCUT2D eigenvalue weighted by Gasteiger charge is 2.11. The Morgan fingerprint density at radius 2 is 2.19 bits per heavy atom. The number of hydrogen-bond donors (Lipinski definition) is 1. The van der Waals surface area contributed by atoms with Gasteiger partial charge in [-0.3, -0.25) is 4.79 Å². The molecule has 0 heterocycles. The molecule has 0 atom stereocenters. The first-order valence-corrected chi connectivity index (χ1v) is 5.61. The summed E-state index contributed by atoms with van der Waals surface area (Å²) < 4.78 is 13.3. The van der Waals surface area contributed by atoms with E-state index in [1.807, 2.05) is 0 Å². The summed E-state index contributed by atoms with van der Waals surface area (Å²) in [5.41, 5.74) is 0.0353. The van der Waals surface area contributed by atoms with Crippen molar-refractivity contribution in [2.45, 2.75) is 20.3 Å². The van der Waals surface area contributed by atoms with Gasteiger partial charge in [-0.1, -0.05) is 25.4 Å². The van der Waals surface area contributed by atoms with Gasteiger partial charge in [0.1, 0.15) is 5.82 Å². The standard InChI is InChI=1S/C12H15ClFNO/c1-8(2)5-6-15-12(16)10-4-3-9(13)7-11(10)14/h3-4,7-8H,5-6H2,1-2H3,(H,15,16). The number of halogens is 2. The Hall–Kier alpha value is -1.09. The fourth-order valence-electron chi connectivity index (χ4n) is 1.24. The van der Waals surface area contributed by atoms with E-state index in [4.69, 9.17) is 11.6 Å². The molecular formula is C12H15ClFNO. The van der Waals surface area contributed by atoms with Crippen LogP contribution in [-0.2, 0) is 0 Å². The summed E-state index contributed by atoms with van der Waals surface area (Å²) in [5.74, 6) is -0.472. The minimum absolute atomic E-state index is 0.0353. The molecule has 0 unspecified atom stereocenters. The lowest BCUT2D eigenvalue weighted by molar-refractivity contribution is 0.0948. The third-order valence-corrected chi connectivity index (χ3v) is 2.42. The second kappa shape index (κ2) is 5.85. The molecule has 0 spiro atoms. The van der Waals surface area contributed by atoms with Crippen LogP contribution >= 0.6 is 11.6 Å². The maximum absolute atomic E-state index is 13.3. The summed E-state index contributed by atoms with van der Waals surface area (Å²) >= 11 is 5.60. The third kappa shape index (κ3) is 3.81. The second-order valence-electron chi connectivity index (χ2n) is 4.06. The van der Waals surface area contributed by atoms with Crippen molar-refractivity contribution in [2.75, 3.05) is 6.54 Å². The predicted molar refractivity (Wildman–Crippen MR) is 63.2 cm³/mol. The summed E-state index contributed by atoms with van der Waals surface area (Å²) in [4.78, 5) is 11.6. The smallest absolute Gasteiger partial charge is 0.254 e. The van der Waals surface area contributed by atoms with E-state index < -0.39 is 11.7 Å². The minimum atomic E-state index is -0.588. The first kappa shape index (κ1) is 13.0. The molecule has 0 aliphatic rings. The van der Waals surface area contributed by atoms with E-state index in [1.165, 1.54) is 12.1 Å². The Kier molecular flexibility index (Phi) is 4.74. The van der Waals surface area contributed by atoms with E-state index in [0.29, 0.717) is 12.5 Å². The Bertz CT molecular complexity index is 379. The largest absolute Gasteiger partial charge is 0.352 e. The molecule has 1 aromatic carbocycles. The van der Waals surface area contributed by atoms with E-state index in [9.17, 15) is 9.18 Å². The molecule has 1 amide bonds. The van der Waals surface area contributed by atoms with Gasteiger partial charge in [-0.05, 0) is 30.5 Å². The van der Waals surface area contributed by atoms with Gasteiger partial charge in [0, 0.05) is 11.6 Å². The number of benzene rings is 1. The van der Waals surface area contributed by atoms with Crippen molar-refractivity contribution in [3.05, 3.63) is 34.6 Å². The monoisotopic (exact) mass is 243 g/mol. The van der Waals surface area contributed by atoms with Crippen LogP contribution < -0.4 is 5.32 Å². The molecule has 0 saturated carbocycles. The van der Waals surface area contributed by atoms with E-state index in [0.717, 1.165) is 12.5 Å². The topological polar surface area (TPSA) is 29.1 Å². The predicted octanol–water partition coefficient (Wildman–Crippen LogP) is 3.26. The first-order chi connectivity index (χ1) is 7.50. The van der Waals surface area contributed by atoms with Crippen molar-refractivity contribution >= 4 is 17.5 Å². The molecule has 0 aliphatic heterocycles. The number of rotatable bonds is 4. The number of amides is 1. The van der Waals surface area contributed by atoms with E-state index in [2.05, 4.69) is 19.2 Å². The van der Waals surface area contributed by atoms with Gasteiger partial charge in [-0.25, -0.2) is 4.39 Å². The average molecular weight is 244 g/mol. The molecule has 4 heteroatoms. The highest BCUT2D eigenvalue weighted by molar-refractivity contribution is 6.30. The highest BCUT2D eigenvalue weighted by atomic mass is 35.5. The molecule has 0 saturated heterocycles. The third-order valence-electron chi connectivity index (χ3n) is 2.18. The van der Waals surface area contributed by atoms with Crippen LogP contribution in [0.15, 0.2) is 18.2 Å². The maximum atomic E-state index is 13.3. The van der Waals surface area contributed by atoms with Crippen molar-refractivity contribution < 1.29 is 9.18 Å². The van der Waals surface area contributed by atoms with Crippen LogP contribution in [0.2, 0.25) is 5.02 Å². The van der Waals surface area contributed by atoms with Gasteiger partial charge in [-0.2, -0.15) is 0 Å². The number of hydrogen-bond acceptors (Lipinski definition) is 1. The van der Waals surface area contributed by atoms with Gasteiger partial charge in [0.2, 0.25) is 0 Å². The van der Waals surface area contributed by atoms with Crippen LogP contribution in [0.25, 0.3) is 0 Å². The molecule has 88 valence electrons. The van der Waals surface area contributed by atoms with Gasteiger partial charge in [0.15, 0.2) is 0 Å². The summed E-state index contributed by atoms with van der Waals surface area (Å²) in [5, 5.41) is 2.96. The van der Waals surface area contributed by atoms with Crippen LogP contribution in [0.1, 0.15) is 30.6 Å². The molecule has 0 aromatic heterocycles. The van der Waals surface area contributed by atoms with E-state index >= 15 is 0 Å². The summed E-state index contributed by atoms with van der Waals surface area (Å²) in [7, 11) is 0. The molecule has 16 heavy (non-hydrogen) atoms. The van der Waals surface area contributed by atoms with Crippen molar-refractivity contribution in [3.8, 4) is 0 Å². The van der Waals surface area contributed by atoms with E-state index in [1.54, 1.807) is 0 Å². The zero-order valence-electron chi connectivity index (χ0n) is 9.39. The van der Waals surface area contributed by atoms with E-state index in [-0.39, 0.29) is 10.6 Å². The fraction of sp³-hybridized carbons (Fsp3) is 0.417. The van der Waals surface area contributed by atoms with Crippen LogP contribution in [0, 0.1) is 11.7 Å². The minimum Gasteiger partial charge on any atom is -0.352 e. The SMILES string of the molecule is CC(C)CCNC(=O)c1ccc(Cl)cc1F. The second-order valence-corrected chi connectivity index (χ2v) is 4.50. The average Bonchev–Trinajstić information content (AvgIpc) is 2.16. The lowest BCUT2D eigenvalue weighted by Crippen LogP contribution is -2.26. The normalized spacial score (nSPS) is 10.6. The summed E-state index contributed by atoms with van der Waals surface area (Å²) in [6.45, 7) is 4.68. The molecule has 2 nitrogen and oxygen atoms in total. The lowest BCUT2D eigenvalue weighted by Gasteiger charge is -2.07. The summed E-state index contributed by atoms with van der Waals surface area (Å²) in [6.07, 6.45) is 0.876. The van der Waals surface area contributed by atoms with Gasteiger partial charge < -0.3 is 5.32 Å². The lowest BCUT2D eigenvalue weighted by atomic mass is 10.1. The Balaban J connectivity index is 2.59. The van der Waals surface area contributed by atoms with Crippen LogP contribution in [0.3, 0.4) is 0 Å². The van der Waals surface area contributed by atoms with Gasteiger partial charge in [0.05, 0.1) is 5.56 Å². The zero-order chi connectivity index (χ0) is 12.1. The number of carbonyl (C=O) groups is 1. The first-order valence-electron chi connectivity index (χ1n) is 5.24. The molecule has 0 radical (unpaired) electrons. The Labute approximate surface area is 99.8 Å². The van der Waals surface area contributed by atoms with Crippen molar-refractivity contribution in [1.29, 1.82) is 0 Å². The summed E-state index contributed by atoms with van der Waals surface area (Å²) in [6, 6.07) is 4.03. The number of nitrogens with one attached hydrogen (secondary N) is 1. The van der Waals surface area contributed by atoms with Gasteiger partial charge in [-0.15, -0.1) is 0 Å². The quantitative estimate of drug-likeness (QED) is 0.864. The van der Waals surface area contributed by atoms with Crippen molar-refractivity contribution in [3.63, 3.8) is 0 Å². The van der Waals surface area contributed by atoms with Crippen molar-refractivity contribution in [2.24, 2.45) is 5.92 Å². The zero-order valence-corrected chi connectivity index (χ0v) is 10.1.